The molecule has 0 unspecified atom stereocenters. The summed E-state index contributed by atoms with van der Waals surface area (Å²) in [6.07, 6.45) is 3.46. The lowest BCUT2D eigenvalue weighted by Crippen LogP contribution is -2.50. The standard InChI is InChI=1S/C22H24FN3O2/c1-17-4-2-3-5-18(17)6-11-22(28)26-14-12-25(13-15-26)16-21(27)24-20-9-7-19(23)8-10-20/h2-11H,12-16H2,1H3,(H,24,27). The molecule has 146 valence electrons. The van der Waals surface area contributed by atoms with Crippen molar-refractivity contribution in [2.45, 2.75) is 6.92 Å². The van der Waals surface area contributed by atoms with Crippen LogP contribution in [0.25, 0.3) is 6.08 Å². The zero-order valence-electron chi connectivity index (χ0n) is 15.9. The summed E-state index contributed by atoms with van der Waals surface area (Å²) in [4.78, 5) is 28.3. The van der Waals surface area contributed by atoms with Crippen LogP contribution in [0.2, 0.25) is 0 Å². The van der Waals surface area contributed by atoms with Gasteiger partial charge in [0.1, 0.15) is 5.82 Å². The first kappa shape index (κ1) is 19.8. The fourth-order valence-corrected chi connectivity index (χ4v) is 3.10. The number of piperazine rings is 1. The number of nitrogens with zero attached hydrogens (tertiary/aromatic N) is 2. The van der Waals surface area contributed by atoms with Crippen molar-refractivity contribution < 1.29 is 14.0 Å². The molecule has 1 aliphatic rings. The van der Waals surface area contributed by atoms with E-state index in [1.54, 1.807) is 11.0 Å². The van der Waals surface area contributed by atoms with Gasteiger partial charge >= 0.3 is 0 Å². The second-order valence-electron chi connectivity index (χ2n) is 6.85. The van der Waals surface area contributed by atoms with Crippen LogP contribution in [-0.2, 0) is 9.59 Å². The Kier molecular flexibility index (Phi) is 6.55. The van der Waals surface area contributed by atoms with Crippen molar-refractivity contribution in [3.8, 4) is 0 Å². The molecule has 0 atom stereocenters. The lowest BCUT2D eigenvalue weighted by Gasteiger charge is -2.33. The maximum absolute atomic E-state index is 12.9. The molecule has 1 heterocycles. The van der Waals surface area contributed by atoms with Crippen molar-refractivity contribution >= 4 is 23.6 Å². The number of anilines is 1. The number of carbonyl (C=O) groups is 2. The third kappa shape index (κ3) is 5.50. The summed E-state index contributed by atoms with van der Waals surface area (Å²) in [5.74, 6) is -0.500. The fourth-order valence-electron chi connectivity index (χ4n) is 3.10. The van der Waals surface area contributed by atoms with E-state index in [1.807, 2.05) is 42.2 Å². The number of aryl methyl sites for hydroxylation is 1. The molecule has 3 rings (SSSR count). The van der Waals surface area contributed by atoms with E-state index in [9.17, 15) is 14.0 Å². The first-order chi connectivity index (χ1) is 13.5. The smallest absolute Gasteiger partial charge is 0.246 e. The van der Waals surface area contributed by atoms with Crippen molar-refractivity contribution in [2.75, 3.05) is 38.0 Å². The highest BCUT2D eigenvalue weighted by Gasteiger charge is 2.21. The van der Waals surface area contributed by atoms with Gasteiger partial charge in [0.25, 0.3) is 0 Å². The molecule has 0 aromatic heterocycles. The molecule has 1 N–H and O–H groups in total. The van der Waals surface area contributed by atoms with Crippen LogP contribution in [0, 0.1) is 12.7 Å². The molecule has 0 bridgehead atoms. The topological polar surface area (TPSA) is 52.7 Å². The molecule has 1 saturated heterocycles. The van der Waals surface area contributed by atoms with Crippen LogP contribution in [0.3, 0.4) is 0 Å². The molecular weight excluding hydrogens is 357 g/mol. The molecule has 1 fully saturated rings. The Morgan fingerprint density at radius 3 is 2.39 bits per heavy atom. The fraction of sp³-hybridized carbons (Fsp3) is 0.273. The molecule has 2 amide bonds. The van der Waals surface area contributed by atoms with Gasteiger partial charge in [-0.15, -0.1) is 0 Å². The van der Waals surface area contributed by atoms with Gasteiger partial charge in [0.2, 0.25) is 11.8 Å². The Labute approximate surface area is 164 Å². The molecule has 0 saturated carbocycles. The van der Waals surface area contributed by atoms with Gasteiger partial charge in [0.15, 0.2) is 0 Å². The Morgan fingerprint density at radius 1 is 1.04 bits per heavy atom. The van der Waals surface area contributed by atoms with Gasteiger partial charge in [-0.05, 0) is 48.4 Å². The van der Waals surface area contributed by atoms with Crippen molar-refractivity contribution in [2.24, 2.45) is 0 Å². The predicted octanol–water partition coefficient (Wildman–Crippen LogP) is 2.93. The first-order valence-electron chi connectivity index (χ1n) is 9.31. The molecule has 0 radical (unpaired) electrons. The average molecular weight is 381 g/mol. The second kappa shape index (κ2) is 9.28. The Balaban J connectivity index is 1.45. The molecule has 28 heavy (non-hydrogen) atoms. The maximum atomic E-state index is 12.9. The lowest BCUT2D eigenvalue weighted by molar-refractivity contribution is -0.127. The normalized spacial score (nSPS) is 15.0. The zero-order valence-corrected chi connectivity index (χ0v) is 15.9. The first-order valence-corrected chi connectivity index (χ1v) is 9.31. The molecule has 0 spiro atoms. The minimum Gasteiger partial charge on any atom is -0.337 e. The summed E-state index contributed by atoms with van der Waals surface area (Å²) < 4.78 is 12.9. The number of hydrogen-bond donors (Lipinski definition) is 1. The Hall–Kier alpha value is -2.99. The minimum absolute atomic E-state index is 0.0151. The quantitative estimate of drug-likeness (QED) is 0.811. The van der Waals surface area contributed by atoms with E-state index in [4.69, 9.17) is 0 Å². The van der Waals surface area contributed by atoms with Crippen LogP contribution in [-0.4, -0.2) is 54.3 Å². The molecule has 0 aliphatic carbocycles. The highest BCUT2D eigenvalue weighted by Crippen LogP contribution is 2.11. The monoisotopic (exact) mass is 381 g/mol. The summed E-state index contributed by atoms with van der Waals surface area (Å²) in [5, 5.41) is 2.76. The largest absolute Gasteiger partial charge is 0.337 e. The third-order valence-corrected chi connectivity index (χ3v) is 4.77. The summed E-state index contributed by atoms with van der Waals surface area (Å²) in [5.41, 5.74) is 2.73. The highest BCUT2D eigenvalue weighted by atomic mass is 19.1. The minimum atomic E-state index is -0.338. The van der Waals surface area contributed by atoms with E-state index in [0.717, 1.165) is 11.1 Å². The number of benzene rings is 2. The third-order valence-electron chi connectivity index (χ3n) is 4.77. The van der Waals surface area contributed by atoms with Gasteiger partial charge in [0.05, 0.1) is 6.54 Å². The molecule has 5 nitrogen and oxygen atoms in total. The summed E-state index contributed by atoms with van der Waals surface area (Å²) in [6.45, 7) is 4.71. The van der Waals surface area contributed by atoms with Crippen LogP contribution in [0.4, 0.5) is 10.1 Å². The number of carbonyl (C=O) groups excluding carboxylic acids is 2. The lowest BCUT2D eigenvalue weighted by atomic mass is 10.1. The van der Waals surface area contributed by atoms with E-state index >= 15 is 0 Å². The molecule has 2 aromatic rings. The van der Waals surface area contributed by atoms with E-state index in [-0.39, 0.29) is 24.2 Å². The van der Waals surface area contributed by atoms with Gasteiger partial charge in [-0.2, -0.15) is 0 Å². The number of hydrogen-bond acceptors (Lipinski definition) is 3. The average Bonchev–Trinajstić information content (AvgIpc) is 2.69. The van der Waals surface area contributed by atoms with E-state index in [2.05, 4.69) is 5.32 Å². The molecular formula is C22H24FN3O2. The van der Waals surface area contributed by atoms with Crippen molar-refractivity contribution in [3.05, 3.63) is 71.6 Å². The number of amides is 2. The predicted molar refractivity (Wildman–Crippen MR) is 108 cm³/mol. The second-order valence-corrected chi connectivity index (χ2v) is 6.85. The van der Waals surface area contributed by atoms with E-state index in [1.165, 1.54) is 24.3 Å². The number of nitrogens with one attached hydrogen (secondary N) is 1. The van der Waals surface area contributed by atoms with Crippen LogP contribution >= 0.6 is 0 Å². The zero-order chi connectivity index (χ0) is 19.9. The highest BCUT2D eigenvalue weighted by molar-refractivity contribution is 5.93. The SMILES string of the molecule is Cc1ccccc1C=CC(=O)N1CCN(CC(=O)Nc2ccc(F)cc2)CC1. The summed E-state index contributed by atoms with van der Waals surface area (Å²) in [7, 11) is 0. The van der Waals surface area contributed by atoms with Crippen LogP contribution in [0.1, 0.15) is 11.1 Å². The van der Waals surface area contributed by atoms with Gasteiger partial charge in [-0.25, -0.2) is 4.39 Å². The van der Waals surface area contributed by atoms with Crippen LogP contribution in [0.5, 0.6) is 0 Å². The van der Waals surface area contributed by atoms with E-state index < -0.39 is 0 Å². The van der Waals surface area contributed by atoms with E-state index in [0.29, 0.717) is 31.9 Å². The van der Waals surface area contributed by atoms with Gasteiger partial charge < -0.3 is 10.2 Å². The number of rotatable bonds is 5. The van der Waals surface area contributed by atoms with Crippen LogP contribution < -0.4 is 5.32 Å². The van der Waals surface area contributed by atoms with Crippen LogP contribution in [0.15, 0.2) is 54.6 Å². The van der Waals surface area contributed by atoms with Gasteiger partial charge in [-0.3, -0.25) is 14.5 Å². The summed E-state index contributed by atoms with van der Waals surface area (Å²) in [6, 6.07) is 13.6. The Bertz CT molecular complexity index is 856. The van der Waals surface area contributed by atoms with Gasteiger partial charge in [0, 0.05) is 37.9 Å². The van der Waals surface area contributed by atoms with Crippen molar-refractivity contribution in [3.63, 3.8) is 0 Å². The van der Waals surface area contributed by atoms with Gasteiger partial charge in [-0.1, -0.05) is 24.3 Å². The van der Waals surface area contributed by atoms with Crippen molar-refractivity contribution in [1.82, 2.24) is 9.80 Å². The summed E-state index contributed by atoms with van der Waals surface area (Å²) >= 11 is 0. The maximum Gasteiger partial charge on any atom is 0.246 e. The number of halogens is 1. The molecule has 1 aliphatic heterocycles. The van der Waals surface area contributed by atoms with Crippen molar-refractivity contribution in [1.29, 1.82) is 0 Å². The molecule has 2 aromatic carbocycles. The molecule has 6 heteroatoms. The Morgan fingerprint density at radius 2 is 1.71 bits per heavy atom.